The molecule has 3 rings (SSSR count). The van der Waals surface area contributed by atoms with Crippen LogP contribution in [0.5, 0.6) is 5.75 Å². The first kappa shape index (κ1) is 30.7. The number of ether oxygens (including phenoxy) is 1. The van der Waals surface area contributed by atoms with E-state index in [1.54, 1.807) is 29.2 Å². The molecule has 2 amide bonds. The smallest absolute Gasteiger partial charge is 0.243 e. The zero-order valence-electron chi connectivity index (χ0n) is 23.5. The molecule has 3 aromatic carbocycles. The molecule has 0 saturated carbocycles. The average molecular weight is 566 g/mol. The van der Waals surface area contributed by atoms with Crippen LogP contribution in [-0.2, 0) is 32.6 Å². The van der Waals surface area contributed by atoms with Crippen molar-refractivity contribution >= 4 is 27.5 Å². The zero-order valence-corrected chi connectivity index (χ0v) is 24.3. The van der Waals surface area contributed by atoms with Crippen LogP contribution in [0.25, 0.3) is 0 Å². The summed E-state index contributed by atoms with van der Waals surface area (Å²) in [6, 6.07) is 25.3. The van der Waals surface area contributed by atoms with E-state index in [0.29, 0.717) is 24.4 Å². The Morgan fingerprint density at radius 1 is 0.925 bits per heavy atom. The normalized spacial score (nSPS) is 11.9. The van der Waals surface area contributed by atoms with Gasteiger partial charge in [0.1, 0.15) is 11.8 Å². The van der Waals surface area contributed by atoms with Gasteiger partial charge in [-0.1, -0.05) is 73.7 Å². The molecule has 214 valence electrons. The summed E-state index contributed by atoms with van der Waals surface area (Å²) in [5, 5.41) is 2.97. The molecule has 3 aromatic rings. The van der Waals surface area contributed by atoms with Crippen LogP contribution in [-0.4, -0.2) is 57.6 Å². The molecule has 0 heterocycles. The molecule has 0 aliphatic carbocycles. The summed E-state index contributed by atoms with van der Waals surface area (Å²) in [5.74, 6) is 0.123. The van der Waals surface area contributed by atoms with Crippen LogP contribution >= 0.6 is 0 Å². The molecule has 40 heavy (non-hydrogen) atoms. The van der Waals surface area contributed by atoms with Gasteiger partial charge in [0.2, 0.25) is 21.8 Å². The number of rotatable bonds is 15. The minimum absolute atomic E-state index is 0.0785. The van der Waals surface area contributed by atoms with Gasteiger partial charge in [0.05, 0.1) is 19.1 Å². The van der Waals surface area contributed by atoms with Crippen molar-refractivity contribution in [1.82, 2.24) is 10.2 Å². The van der Waals surface area contributed by atoms with Crippen molar-refractivity contribution < 1.29 is 22.7 Å². The van der Waals surface area contributed by atoms with Gasteiger partial charge >= 0.3 is 0 Å². The molecule has 0 fully saturated rings. The SMILES string of the molecule is CCCNC(=O)C(Cc1ccccc1)N(Cc1ccccc1)C(=O)CCCN(c1cccc(OC)c1)S(C)(=O)=O. The molecule has 1 unspecified atom stereocenters. The van der Waals surface area contributed by atoms with Gasteiger partial charge in [-0.15, -0.1) is 0 Å². The lowest BCUT2D eigenvalue weighted by atomic mass is 10.0. The third-order valence-electron chi connectivity index (χ3n) is 6.51. The molecule has 1 N–H and O–H groups in total. The lowest BCUT2D eigenvalue weighted by Crippen LogP contribution is -2.50. The first-order valence-corrected chi connectivity index (χ1v) is 15.3. The van der Waals surface area contributed by atoms with Gasteiger partial charge in [0, 0.05) is 38.5 Å². The molecule has 9 heteroatoms. The topological polar surface area (TPSA) is 96.0 Å². The molecule has 0 radical (unpaired) electrons. The van der Waals surface area contributed by atoms with E-state index < -0.39 is 16.1 Å². The number of carbonyl (C=O) groups is 2. The monoisotopic (exact) mass is 565 g/mol. The Hall–Kier alpha value is -3.85. The number of hydrogen-bond acceptors (Lipinski definition) is 5. The van der Waals surface area contributed by atoms with Gasteiger partial charge in [-0.25, -0.2) is 8.42 Å². The van der Waals surface area contributed by atoms with Crippen molar-refractivity contribution in [1.29, 1.82) is 0 Å². The van der Waals surface area contributed by atoms with Crippen molar-refractivity contribution in [3.8, 4) is 5.75 Å². The van der Waals surface area contributed by atoms with Gasteiger partial charge < -0.3 is 15.0 Å². The van der Waals surface area contributed by atoms with Crippen molar-refractivity contribution in [2.45, 2.75) is 45.2 Å². The maximum absolute atomic E-state index is 13.8. The molecule has 1 atom stereocenters. The van der Waals surface area contributed by atoms with Gasteiger partial charge in [-0.3, -0.25) is 13.9 Å². The first-order chi connectivity index (χ1) is 19.2. The summed E-state index contributed by atoms with van der Waals surface area (Å²) < 4.78 is 31.8. The highest BCUT2D eigenvalue weighted by molar-refractivity contribution is 7.92. The summed E-state index contributed by atoms with van der Waals surface area (Å²) in [7, 11) is -2.08. The summed E-state index contributed by atoms with van der Waals surface area (Å²) in [5.41, 5.74) is 2.33. The summed E-state index contributed by atoms with van der Waals surface area (Å²) in [4.78, 5) is 28.8. The van der Waals surface area contributed by atoms with E-state index in [9.17, 15) is 18.0 Å². The number of nitrogens with one attached hydrogen (secondary N) is 1. The Morgan fingerprint density at radius 2 is 1.57 bits per heavy atom. The lowest BCUT2D eigenvalue weighted by molar-refractivity contribution is -0.141. The third-order valence-corrected chi connectivity index (χ3v) is 7.70. The molecule has 8 nitrogen and oxygen atoms in total. The first-order valence-electron chi connectivity index (χ1n) is 13.5. The van der Waals surface area contributed by atoms with E-state index in [2.05, 4.69) is 5.32 Å². The highest BCUT2D eigenvalue weighted by Gasteiger charge is 2.30. The van der Waals surface area contributed by atoms with Crippen molar-refractivity contribution in [3.63, 3.8) is 0 Å². The second-order valence-corrected chi connectivity index (χ2v) is 11.6. The minimum Gasteiger partial charge on any atom is -0.497 e. The lowest BCUT2D eigenvalue weighted by Gasteiger charge is -2.32. The Labute approximate surface area is 238 Å². The van der Waals surface area contributed by atoms with E-state index >= 15 is 0 Å². The fraction of sp³-hybridized carbons (Fsp3) is 0.355. The largest absolute Gasteiger partial charge is 0.497 e. The second kappa shape index (κ2) is 15.1. The highest BCUT2D eigenvalue weighted by Crippen LogP contribution is 2.24. The molecular weight excluding hydrogens is 526 g/mol. The maximum atomic E-state index is 13.8. The second-order valence-electron chi connectivity index (χ2n) is 9.64. The molecule has 0 aromatic heterocycles. The maximum Gasteiger partial charge on any atom is 0.243 e. The molecule has 0 saturated heterocycles. The van der Waals surface area contributed by atoms with E-state index in [1.165, 1.54) is 11.4 Å². The van der Waals surface area contributed by atoms with Crippen LogP contribution in [0.4, 0.5) is 5.69 Å². The Morgan fingerprint density at radius 3 is 2.17 bits per heavy atom. The molecule has 0 spiro atoms. The van der Waals surface area contributed by atoms with E-state index in [0.717, 1.165) is 23.8 Å². The van der Waals surface area contributed by atoms with E-state index in [-0.39, 0.29) is 37.7 Å². The van der Waals surface area contributed by atoms with Crippen LogP contribution < -0.4 is 14.4 Å². The van der Waals surface area contributed by atoms with Gasteiger partial charge in [-0.05, 0) is 36.1 Å². The standard InChI is InChI=1S/C31H39N3O5S/c1-4-20-32-31(36)29(22-25-13-7-5-8-14-25)33(24-26-15-9-6-10-16-26)30(35)19-12-21-34(40(3,37)38)27-17-11-18-28(23-27)39-2/h5-11,13-18,23,29H,4,12,19-22,24H2,1-3H3,(H,32,36). The fourth-order valence-corrected chi connectivity index (χ4v) is 5.43. The van der Waals surface area contributed by atoms with Crippen LogP contribution in [0.15, 0.2) is 84.9 Å². The fourth-order valence-electron chi connectivity index (χ4n) is 4.47. The molecule has 0 aliphatic rings. The third kappa shape index (κ3) is 9.12. The number of nitrogens with zero attached hydrogens (tertiary/aromatic N) is 2. The summed E-state index contributed by atoms with van der Waals surface area (Å²) in [6.07, 6.45) is 2.65. The highest BCUT2D eigenvalue weighted by atomic mass is 32.2. The number of hydrogen-bond donors (Lipinski definition) is 1. The summed E-state index contributed by atoms with van der Waals surface area (Å²) in [6.45, 7) is 2.88. The molecular formula is C31H39N3O5S. The Kier molecular flexibility index (Phi) is 11.6. The quantitative estimate of drug-likeness (QED) is 0.295. The van der Waals surface area contributed by atoms with E-state index in [1.807, 2.05) is 67.6 Å². The molecule has 0 aliphatic heterocycles. The predicted octanol–water partition coefficient (Wildman–Crippen LogP) is 4.41. The van der Waals surface area contributed by atoms with E-state index in [4.69, 9.17) is 4.74 Å². The van der Waals surface area contributed by atoms with Crippen LogP contribution in [0, 0.1) is 0 Å². The number of anilines is 1. The van der Waals surface area contributed by atoms with Gasteiger partial charge in [0.25, 0.3) is 0 Å². The van der Waals surface area contributed by atoms with Crippen molar-refractivity contribution in [3.05, 3.63) is 96.1 Å². The molecule has 0 bridgehead atoms. The summed E-state index contributed by atoms with van der Waals surface area (Å²) >= 11 is 0. The minimum atomic E-state index is -3.60. The number of carbonyl (C=O) groups excluding carboxylic acids is 2. The number of benzene rings is 3. The number of sulfonamides is 1. The van der Waals surface area contributed by atoms with Crippen LogP contribution in [0.3, 0.4) is 0 Å². The van der Waals surface area contributed by atoms with Crippen molar-refractivity contribution in [2.75, 3.05) is 30.8 Å². The number of amides is 2. The average Bonchev–Trinajstić information content (AvgIpc) is 2.96. The van der Waals surface area contributed by atoms with Crippen LogP contribution in [0.2, 0.25) is 0 Å². The van der Waals surface area contributed by atoms with Gasteiger partial charge in [0.15, 0.2) is 0 Å². The number of methoxy groups -OCH3 is 1. The predicted molar refractivity (Wildman–Crippen MR) is 159 cm³/mol. The zero-order chi connectivity index (χ0) is 29.0. The van der Waals surface area contributed by atoms with Crippen molar-refractivity contribution in [2.24, 2.45) is 0 Å². The van der Waals surface area contributed by atoms with Gasteiger partial charge in [-0.2, -0.15) is 0 Å². The Bertz CT molecular complexity index is 1330. The Balaban J connectivity index is 1.85. The van der Waals surface area contributed by atoms with Crippen LogP contribution in [0.1, 0.15) is 37.3 Å².